The molecular weight excluding hydrogens is 440 g/mol. The first-order valence-electron chi connectivity index (χ1n) is 10.5. The van der Waals surface area contributed by atoms with Crippen LogP contribution in [0.25, 0.3) is 11.4 Å². The fourth-order valence-electron chi connectivity index (χ4n) is 3.54. The molecule has 0 spiro atoms. The largest absolute Gasteiger partial charge is 0.463 e. The number of carbonyl (C=O) groups excluding carboxylic acids is 2. The molecule has 0 saturated carbocycles. The van der Waals surface area contributed by atoms with Gasteiger partial charge < -0.3 is 15.4 Å². The number of thioether (sulfide) groups is 1. The summed E-state index contributed by atoms with van der Waals surface area (Å²) in [5.74, 6) is 0.568. The summed E-state index contributed by atoms with van der Waals surface area (Å²) in [6.07, 6.45) is 3.46. The van der Waals surface area contributed by atoms with Crippen LogP contribution in [0.4, 0.5) is 4.79 Å². The molecule has 0 bridgehead atoms. The molecule has 4 rings (SSSR count). The van der Waals surface area contributed by atoms with E-state index in [-0.39, 0.29) is 12.6 Å². The molecule has 170 valence electrons. The van der Waals surface area contributed by atoms with Crippen LogP contribution in [0.1, 0.15) is 19.4 Å². The van der Waals surface area contributed by atoms with E-state index in [4.69, 9.17) is 4.74 Å². The molecule has 10 heteroatoms. The van der Waals surface area contributed by atoms with Crippen molar-refractivity contribution in [2.45, 2.75) is 31.6 Å². The molecule has 1 unspecified atom stereocenters. The Kier molecular flexibility index (Phi) is 7.04. The van der Waals surface area contributed by atoms with Gasteiger partial charge in [0.1, 0.15) is 0 Å². The molecule has 1 aromatic carbocycles. The van der Waals surface area contributed by atoms with Gasteiger partial charge in [0.25, 0.3) is 0 Å². The third-order valence-corrected chi connectivity index (χ3v) is 6.02. The van der Waals surface area contributed by atoms with E-state index in [1.807, 2.05) is 47.0 Å². The van der Waals surface area contributed by atoms with E-state index in [9.17, 15) is 9.59 Å². The van der Waals surface area contributed by atoms with Crippen LogP contribution in [0.3, 0.4) is 0 Å². The van der Waals surface area contributed by atoms with E-state index in [0.29, 0.717) is 34.5 Å². The Balaban J connectivity index is 1.66. The highest BCUT2D eigenvalue weighted by Gasteiger charge is 2.30. The van der Waals surface area contributed by atoms with Crippen LogP contribution in [-0.4, -0.2) is 50.2 Å². The highest BCUT2D eigenvalue weighted by atomic mass is 32.2. The van der Waals surface area contributed by atoms with Crippen molar-refractivity contribution >= 4 is 23.8 Å². The third-order valence-electron chi connectivity index (χ3n) is 5.03. The summed E-state index contributed by atoms with van der Waals surface area (Å²) < 4.78 is 7.20. The zero-order valence-corrected chi connectivity index (χ0v) is 19.1. The standard InChI is InChI=1S/C23H24N6O3S/c1-3-32-21(30)19-15(2)25-22(31)26-18(19)14-33-23-28-27-20(17-10-7-11-24-12-17)29(23)13-16-8-5-4-6-9-16/h4-12,15H,3,13-14H2,1-2H3,(H2,25,26,31). The maximum Gasteiger partial charge on any atom is 0.337 e. The van der Waals surface area contributed by atoms with Crippen molar-refractivity contribution in [1.82, 2.24) is 30.4 Å². The van der Waals surface area contributed by atoms with Gasteiger partial charge in [0.15, 0.2) is 11.0 Å². The molecule has 2 N–H and O–H groups in total. The number of rotatable bonds is 8. The molecule has 1 aliphatic rings. The fraction of sp³-hybridized carbons (Fsp3) is 0.261. The fourth-order valence-corrected chi connectivity index (χ4v) is 4.45. The van der Waals surface area contributed by atoms with Crippen LogP contribution in [-0.2, 0) is 16.1 Å². The quantitative estimate of drug-likeness (QED) is 0.389. The van der Waals surface area contributed by atoms with Crippen LogP contribution in [0.5, 0.6) is 0 Å². The van der Waals surface area contributed by atoms with E-state index in [1.165, 1.54) is 11.8 Å². The normalized spacial score (nSPS) is 15.7. The number of carbonyl (C=O) groups is 2. The number of esters is 1. The number of nitrogens with one attached hydrogen (secondary N) is 2. The average molecular weight is 465 g/mol. The van der Waals surface area contributed by atoms with Gasteiger partial charge in [-0.15, -0.1) is 10.2 Å². The van der Waals surface area contributed by atoms with Gasteiger partial charge in [-0.2, -0.15) is 0 Å². The van der Waals surface area contributed by atoms with Gasteiger partial charge in [-0.1, -0.05) is 42.1 Å². The summed E-state index contributed by atoms with van der Waals surface area (Å²) in [7, 11) is 0. The minimum absolute atomic E-state index is 0.253. The second kappa shape index (κ2) is 10.3. The van der Waals surface area contributed by atoms with Crippen molar-refractivity contribution in [2.24, 2.45) is 0 Å². The molecule has 0 saturated heterocycles. The lowest BCUT2D eigenvalue weighted by Crippen LogP contribution is -2.49. The lowest BCUT2D eigenvalue weighted by molar-refractivity contribution is -0.138. The number of amides is 2. The molecule has 2 amide bonds. The number of aromatic nitrogens is 4. The van der Waals surface area contributed by atoms with Gasteiger partial charge in [0, 0.05) is 29.4 Å². The zero-order valence-electron chi connectivity index (χ0n) is 18.3. The number of hydrogen-bond acceptors (Lipinski definition) is 7. The monoisotopic (exact) mass is 464 g/mol. The van der Waals surface area contributed by atoms with Gasteiger partial charge in [-0.05, 0) is 31.5 Å². The molecule has 2 aromatic heterocycles. The Morgan fingerprint density at radius 1 is 1.18 bits per heavy atom. The van der Waals surface area contributed by atoms with Crippen LogP contribution in [0.2, 0.25) is 0 Å². The summed E-state index contributed by atoms with van der Waals surface area (Å²) >= 11 is 1.39. The minimum atomic E-state index is -0.457. The molecule has 0 radical (unpaired) electrons. The molecule has 3 aromatic rings. The first-order chi connectivity index (χ1) is 16.1. The second-order valence-electron chi connectivity index (χ2n) is 7.34. The topological polar surface area (TPSA) is 111 Å². The molecule has 0 aliphatic carbocycles. The molecule has 0 fully saturated rings. The Hall–Kier alpha value is -3.66. The number of hydrogen-bond donors (Lipinski definition) is 2. The summed E-state index contributed by atoms with van der Waals surface area (Å²) in [5, 5.41) is 14.9. The Morgan fingerprint density at radius 2 is 2.00 bits per heavy atom. The lowest BCUT2D eigenvalue weighted by atomic mass is 10.1. The second-order valence-corrected chi connectivity index (χ2v) is 8.28. The number of benzene rings is 1. The van der Waals surface area contributed by atoms with Crippen molar-refractivity contribution in [2.75, 3.05) is 12.4 Å². The average Bonchev–Trinajstić information content (AvgIpc) is 3.21. The molecule has 1 atom stereocenters. The SMILES string of the molecule is CCOC(=O)C1=C(CSc2nnc(-c3cccnc3)n2Cc2ccccc2)NC(=O)NC1C. The predicted molar refractivity (Wildman–Crippen MR) is 124 cm³/mol. The zero-order chi connectivity index (χ0) is 23.2. The maximum absolute atomic E-state index is 12.5. The van der Waals surface area contributed by atoms with Crippen molar-refractivity contribution < 1.29 is 14.3 Å². The van der Waals surface area contributed by atoms with Gasteiger partial charge in [0.2, 0.25) is 0 Å². The molecule has 33 heavy (non-hydrogen) atoms. The number of urea groups is 1. The van der Waals surface area contributed by atoms with Gasteiger partial charge >= 0.3 is 12.0 Å². The van der Waals surface area contributed by atoms with Crippen molar-refractivity contribution in [3.8, 4) is 11.4 Å². The summed E-state index contributed by atoms with van der Waals surface area (Å²) in [6.45, 7) is 4.32. The van der Waals surface area contributed by atoms with Crippen molar-refractivity contribution in [1.29, 1.82) is 0 Å². The van der Waals surface area contributed by atoms with Crippen LogP contribution >= 0.6 is 11.8 Å². The molecule has 9 nitrogen and oxygen atoms in total. The number of nitrogens with zero attached hydrogens (tertiary/aromatic N) is 4. The molecule has 1 aliphatic heterocycles. The van der Waals surface area contributed by atoms with E-state index in [0.717, 1.165) is 11.1 Å². The van der Waals surface area contributed by atoms with Crippen molar-refractivity contribution in [3.63, 3.8) is 0 Å². The Bertz CT molecular complexity index is 1160. The van der Waals surface area contributed by atoms with Crippen LogP contribution < -0.4 is 10.6 Å². The predicted octanol–water partition coefficient (Wildman–Crippen LogP) is 3.00. The number of pyridine rings is 1. The van der Waals surface area contributed by atoms with E-state index < -0.39 is 12.0 Å². The summed E-state index contributed by atoms with van der Waals surface area (Å²) in [4.78, 5) is 28.8. The van der Waals surface area contributed by atoms with Gasteiger partial charge in [-0.25, -0.2) is 9.59 Å². The van der Waals surface area contributed by atoms with Gasteiger partial charge in [0.05, 0.1) is 24.8 Å². The van der Waals surface area contributed by atoms with E-state index >= 15 is 0 Å². The smallest absolute Gasteiger partial charge is 0.337 e. The maximum atomic E-state index is 12.5. The van der Waals surface area contributed by atoms with E-state index in [1.54, 1.807) is 26.2 Å². The third kappa shape index (κ3) is 5.23. The van der Waals surface area contributed by atoms with Crippen LogP contribution in [0, 0.1) is 0 Å². The molecular formula is C23H24N6O3S. The van der Waals surface area contributed by atoms with Crippen LogP contribution in [0.15, 0.2) is 71.3 Å². The molecule has 3 heterocycles. The summed E-state index contributed by atoms with van der Waals surface area (Å²) in [5.41, 5.74) is 2.86. The Morgan fingerprint density at radius 3 is 2.73 bits per heavy atom. The van der Waals surface area contributed by atoms with E-state index in [2.05, 4.69) is 25.8 Å². The summed E-state index contributed by atoms with van der Waals surface area (Å²) in [6, 6.07) is 13.0. The first kappa shape index (κ1) is 22.5. The number of ether oxygens (including phenoxy) is 1. The minimum Gasteiger partial charge on any atom is -0.463 e. The highest BCUT2D eigenvalue weighted by Crippen LogP contribution is 2.27. The lowest BCUT2D eigenvalue weighted by Gasteiger charge is -2.26. The van der Waals surface area contributed by atoms with Crippen molar-refractivity contribution in [3.05, 3.63) is 71.7 Å². The Labute approximate surface area is 195 Å². The van der Waals surface area contributed by atoms with Gasteiger partial charge in [-0.3, -0.25) is 9.55 Å². The highest BCUT2D eigenvalue weighted by molar-refractivity contribution is 7.99. The first-order valence-corrected chi connectivity index (χ1v) is 11.5.